The van der Waals surface area contributed by atoms with Gasteiger partial charge in [-0.05, 0) is 56.4 Å². The Morgan fingerprint density at radius 1 is 1.15 bits per heavy atom. The Balaban J connectivity index is 1.71. The van der Waals surface area contributed by atoms with Gasteiger partial charge in [-0.1, -0.05) is 20.4 Å². The summed E-state index contributed by atoms with van der Waals surface area (Å²) >= 11 is 0. The lowest BCUT2D eigenvalue weighted by Crippen LogP contribution is -2.50. The summed E-state index contributed by atoms with van der Waals surface area (Å²) in [6.45, 7) is 14.5. The zero-order valence-corrected chi connectivity index (χ0v) is 17.3. The fourth-order valence-corrected chi connectivity index (χ4v) is 5.94. The molecule has 2 aliphatic heterocycles. The van der Waals surface area contributed by atoms with Gasteiger partial charge in [0.1, 0.15) is 6.10 Å². The van der Waals surface area contributed by atoms with Crippen LogP contribution in [-0.4, -0.2) is 46.7 Å². The zero-order valence-electron chi connectivity index (χ0n) is 17.3. The van der Waals surface area contributed by atoms with Gasteiger partial charge in [0.2, 0.25) is 0 Å². The van der Waals surface area contributed by atoms with Gasteiger partial charge in [-0.3, -0.25) is 4.79 Å². The topological polar surface area (TPSA) is 71.6 Å². The van der Waals surface area contributed by atoms with Crippen LogP contribution < -0.4 is 0 Å². The summed E-state index contributed by atoms with van der Waals surface area (Å²) in [6.07, 6.45) is 3.74. The molecule has 2 bridgehead atoms. The minimum atomic E-state index is -0.567. The van der Waals surface area contributed by atoms with Crippen molar-refractivity contribution in [1.29, 1.82) is 0 Å². The molecule has 2 saturated carbocycles. The lowest BCUT2D eigenvalue weighted by atomic mass is 9.56. The van der Waals surface area contributed by atoms with Crippen molar-refractivity contribution in [1.82, 2.24) is 0 Å². The molecule has 2 aliphatic carbocycles. The van der Waals surface area contributed by atoms with Crippen LogP contribution in [0.3, 0.4) is 0 Å². The fourth-order valence-electron chi connectivity index (χ4n) is 5.94. The molecule has 5 nitrogen and oxygen atoms in total. The molecule has 0 aromatic heterocycles. The van der Waals surface area contributed by atoms with Gasteiger partial charge >= 0.3 is 5.97 Å². The Labute approximate surface area is 162 Å². The summed E-state index contributed by atoms with van der Waals surface area (Å²) < 4.78 is 18.0. The predicted octanol–water partition coefficient (Wildman–Crippen LogP) is 3.39. The van der Waals surface area contributed by atoms with Crippen LogP contribution in [0.5, 0.6) is 0 Å². The van der Waals surface area contributed by atoms with E-state index in [9.17, 15) is 9.90 Å². The molecule has 0 radical (unpaired) electrons. The van der Waals surface area contributed by atoms with E-state index >= 15 is 0 Å². The second kappa shape index (κ2) is 6.04. The van der Waals surface area contributed by atoms with Gasteiger partial charge in [0.15, 0.2) is 0 Å². The van der Waals surface area contributed by atoms with E-state index in [1.807, 2.05) is 0 Å². The number of esters is 1. The van der Waals surface area contributed by atoms with E-state index in [1.54, 1.807) is 0 Å². The maximum absolute atomic E-state index is 11.9. The van der Waals surface area contributed by atoms with Crippen molar-refractivity contribution < 1.29 is 24.1 Å². The summed E-state index contributed by atoms with van der Waals surface area (Å²) in [5.74, 6) is -0.0940. The van der Waals surface area contributed by atoms with Gasteiger partial charge in [0.25, 0.3) is 0 Å². The molecule has 0 spiro atoms. The molecule has 4 aliphatic rings. The Morgan fingerprint density at radius 2 is 1.81 bits per heavy atom. The number of hydrogen-bond donors (Lipinski definition) is 1. The first kappa shape index (κ1) is 19.4. The van der Waals surface area contributed by atoms with Crippen LogP contribution in [-0.2, 0) is 19.0 Å². The SMILES string of the molecule is C=C1C(O)CC2CC3OC3(C)CCC3OC3(C)C[C@H](OC(C)=O)C1C2(C)C. The van der Waals surface area contributed by atoms with E-state index in [-0.39, 0.29) is 52.7 Å². The van der Waals surface area contributed by atoms with E-state index in [2.05, 4.69) is 34.3 Å². The summed E-state index contributed by atoms with van der Waals surface area (Å²) in [5, 5.41) is 10.8. The van der Waals surface area contributed by atoms with E-state index in [1.165, 1.54) is 6.92 Å². The number of hydrogen-bond acceptors (Lipinski definition) is 5. The number of ether oxygens (including phenoxy) is 3. The van der Waals surface area contributed by atoms with Crippen LogP contribution in [0.4, 0.5) is 0 Å². The van der Waals surface area contributed by atoms with Gasteiger partial charge in [-0.15, -0.1) is 0 Å². The summed E-state index contributed by atoms with van der Waals surface area (Å²) in [4.78, 5) is 11.9. The van der Waals surface area contributed by atoms with Crippen LogP contribution in [0, 0.1) is 17.3 Å². The third-order valence-corrected chi connectivity index (χ3v) is 7.96. The molecule has 2 heterocycles. The van der Waals surface area contributed by atoms with Gasteiger partial charge in [0.05, 0.1) is 29.5 Å². The second-order valence-electron chi connectivity index (χ2n) is 10.3. The first-order valence-electron chi connectivity index (χ1n) is 10.4. The van der Waals surface area contributed by atoms with Crippen molar-refractivity contribution in [3.63, 3.8) is 0 Å². The smallest absolute Gasteiger partial charge is 0.302 e. The molecular weight excluding hydrogens is 344 g/mol. The van der Waals surface area contributed by atoms with Gasteiger partial charge in [-0.25, -0.2) is 0 Å². The minimum absolute atomic E-state index is 0.0632. The minimum Gasteiger partial charge on any atom is -0.462 e. The number of carbonyl (C=O) groups is 1. The van der Waals surface area contributed by atoms with Crippen LogP contribution >= 0.6 is 0 Å². The number of aliphatic hydroxyl groups is 1. The largest absolute Gasteiger partial charge is 0.462 e. The lowest BCUT2D eigenvalue weighted by Gasteiger charge is -2.51. The van der Waals surface area contributed by atoms with Crippen molar-refractivity contribution in [2.75, 3.05) is 0 Å². The number of rotatable bonds is 1. The number of fused-ring (bicyclic) bond motifs is 4. The molecule has 4 fully saturated rings. The highest BCUT2D eigenvalue weighted by atomic mass is 16.6. The van der Waals surface area contributed by atoms with Gasteiger partial charge < -0.3 is 19.3 Å². The average molecular weight is 379 g/mol. The highest BCUT2D eigenvalue weighted by molar-refractivity contribution is 5.66. The quantitative estimate of drug-likeness (QED) is 0.430. The highest BCUT2D eigenvalue weighted by Gasteiger charge is 2.62. The Kier molecular flexibility index (Phi) is 4.34. The van der Waals surface area contributed by atoms with E-state index in [4.69, 9.17) is 14.2 Å². The Bertz CT molecular complexity index is 657. The summed E-state index contributed by atoms with van der Waals surface area (Å²) in [5.41, 5.74) is 0.295. The zero-order chi connectivity index (χ0) is 19.8. The van der Waals surface area contributed by atoms with Crippen molar-refractivity contribution >= 4 is 5.97 Å². The van der Waals surface area contributed by atoms with Gasteiger partial charge in [0, 0.05) is 19.3 Å². The number of carbonyl (C=O) groups excluding carboxylic acids is 1. The Morgan fingerprint density at radius 3 is 2.48 bits per heavy atom. The normalized spacial score (nSPS) is 51.1. The van der Waals surface area contributed by atoms with Crippen molar-refractivity contribution in [2.45, 2.75) is 102 Å². The molecule has 0 aromatic carbocycles. The molecule has 5 heteroatoms. The lowest BCUT2D eigenvalue weighted by molar-refractivity contribution is -0.155. The third-order valence-electron chi connectivity index (χ3n) is 7.96. The number of epoxide rings is 2. The standard InChI is InChI=1S/C22H34O5/c1-12-15(24)9-14-10-18-21(5,27-18)8-7-17-22(6,26-17)11-16(25-13(2)23)19(12)20(14,3)4/h14-19,24H,1,7-11H2,2-6H3/t14?,15?,16-,17?,18?,19?,21?,22?/m0/s1. The van der Waals surface area contributed by atoms with E-state index in [0.717, 1.165) is 24.8 Å². The van der Waals surface area contributed by atoms with Crippen molar-refractivity contribution in [3.8, 4) is 0 Å². The maximum atomic E-state index is 11.9. The summed E-state index contributed by atoms with van der Waals surface area (Å²) in [6, 6.07) is 0. The van der Waals surface area contributed by atoms with Crippen molar-refractivity contribution in [3.05, 3.63) is 12.2 Å². The van der Waals surface area contributed by atoms with Gasteiger partial charge in [-0.2, -0.15) is 0 Å². The molecule has 1 N–H and O–H groups in total. The fraction of sp³-hybridized carbons (Fsp3) is 0.864. The van der Waals surface area contributed by atoms with E-state index < -0.39 is 6.10 Å². The average Bonchev–Trinajstić information content (AvgIpc) is 3.38. The molecule has 7 unspecified atom stereocenters. The third kappa shape index (κ3) is 3.26. The molecule has 0 amide bonds. The molecule has 0 aromatic rings. The van der Waals surface area contributed by atoms with Crippen LogP contribution in [0.1, 0.15) is 66.7 Å². The predicted molar refractivity (Wildman–Crippen MR) is 101 cm³/mol. The maximum Gasteiger partial charge on any atom is 0.302 e. The van der Waals surface area contributed by atoms with Crippen molar-refractivity contribution in [2.24, 2.45) is 17.3 Å². The highest BCUT2D eigenvalue weighted by Crippen LogP contribution is 2.58. The van der Waals surface area contributed by atoms with E-state index in [0.29, 0.717) is 12.8 Å². The molecule has 8 atom stereocenters. The Hall–Kier alpha value is -0.910. The molecule has 152 valence electrons. The molecular formula is C22H34O5. The first-order chi connectivity index (χ1) is 12.5. The monoisotopic (exact) mass is 378 g/mol. The van der Waals surface area contributed by atoms with Crippen LogP contribution in [0.2, 0.25) is 0 Å². The summed E-state index contributed by atoms with van der Waals surface area (Å²) in [7, 11) is 0. The van der Waals surface area contributed by atoms with Crippen LogP contribution in [0.25, 0.3) is 0 Å². The molecule has 2 saturated heterocycles. The second-order valence-corrected chi connectivity index (χ2v) is 10.3. The molecule has 4 rings (SSSR count). The molecule has 27 heavy (non-hydrogen) atoms. The first-order valence-corrected chi connectivity index (χ1v) is 10.4. The van der Waals surface area contributed by atoms with Crippen LogP contribution in [0.15, 0.2) is 12.2 Å². The number of aliphatic hydroxyl groups excluding tert-OH is 1.